The van der Waals surface area contributed by atoms with Gasteiger partial charge in [0, 0.05) is 24.7 Å². The lowest BCUT2D eigenvalue weighted by Gasteiger charge is -2.25. The molecule has 12 heteroatoms. The first-order valence-corrected chi connectivity index (χ1v) is 23.0. The summed E-state index contributed by atoms with van der Waals surface area (Å²) < 4.78 is 23.5. The van der Waals surface area contributed by atoms with Crippen LogP contribution in [0.1, 0.15) is 149 Å². The van der Waals surface area contributed by atoms with Crippen LogP contribution in [0.5, 0.6) is 0 Å². The number of carbonyl (C=O) groups is 2. The first kappa shape index (κ1) is 51.3. The molecule has 0 aromatic rings. The molecule has 55 heavy (non-hydrogen) atoms. The van der Waals surface area contributed by atoms with E-state index < -0.39 is 38.8 Å². The number of aliphatic hydroxyl groups excluding tert-OH is 3. The van der Waals surface area contributed by atoms with Crippen molar-refractivity contribution in [1.29, 1.82) is 0 Å². The van der Waals surface area contributed by atoms with Gasteiger partial charge in [-0.3, -0.25) is 18.6 Å². The summed E-state index contributed by atoms with van der Waals surface area (Å²) in [4.78, 5) is 35.8. The molecular weight excluding hydrogens is 719 g/mol. The number of ketones is 1. The summed E-state index contributed by atoms with van der Waals surface area (Å²) in [5, 5.41) is 34.5. The van der Waals surface area contributed by atoms with Crippen LogP contribution in [-0.4, -0.2) is 102 Å². The highest BCUT2D eigenvalue weighted by atomic mass is 31.2. The van der Waals surface area contributed by atoms with E-state index in [1.54, 1.807) is 18.2 Å². The highest BCUT2D eigenvalue weighted by Crippen LogP contribution is 2.43. The van der Waals surface area contributed by atoms with Crippen LogP contribution < -0.4 is 5.32 Å². The maximum absolute atomic E-state index is 12.9. The lowest BCUT2D eigenvalue weighted by molar-refractivity contribution is -0.870. The first-order valence-electron chi connectivity index (χ1n) is 21.5. The second kappa shape index (κ2) is 30.4. The van der Waals surface area contributed by atoms with E-state index in [9.17, 15) is 34.4 Å². The van der Waals surface area contributed by atoms with E-state index in [1.165, 1.54) is 57.8 Å². The fourth-order valence-corrected chi connectivity index (χ4v) is 7.40. The molecule has 11 nitrogen and oxygen atoms in total. The van der Waals surface area contributed by atoms with E-state index in [0.717, 1.165) is 38.5 Å². The Morgan fingerprint density at radius 3 is 2.09 bits per heavy atom. The van der Waals surface area contributed by atoms with Gasteiger partial charge in [-0.1, -0.05) is 134 Å². The Labute approximate surface area is 334 Å². The predicted octanol–water partition coefficient (Wildman–Crippen LogP) is 8.11. The summed E-state index contributed by atoms with van der Waals surface area (Å²) >= 11 is 0. The minimum absolute atomic E-state index is 0.0116. The van der Waals surface area contributed by atoms with Crippen LogP contribution in [0.4, 0.5) is 0 Å². The Morgan fingerprint density at radius 1 is 0.855 bits per heavy atom. The number of likely N-dealkylation sites (N-methyl/N-ethyl adjacent to an activating group) is 1. The lowest BCUT2D eigenvalue weighted by Crippen LogP contribution is -2.45. The number of phosphoric acid groups is 1. The quantitative estimate of drug-likeness (QED) is 0.0187. The molecular formula is C43H80N2O9P+. The number of unbranched alkanes of at least 4 members (excludes halogenated alkanes) is 14. The fourth-order valence-electron chi connectivity index (χ4n) is 6.67. The average molecular weight is 800 g/mol. The number of allylic oxidation sites excluding steroid dienone is 3. The number of amides is 1. The molecule has 0 saturated heterocycles. The lowest BCUT2D eigenvalue weighted by atomic mass is 9.90. The van der Waals surface area contributed by atoms with Crippen LogP contribution in [-0.2, 0) is 23.2 Å². The molecule has 0 aromatic heterocycles. The number of carbonyl (C=O) groups excluding carboxylic acids is 2. The highest BCUT2D eigenvalue weighted by Gasteiger charge is 2.39. The molecule has 0 heterocycles. The zero-order valence-electron chi connectivity index (χ0n) is 35.1. The van der Waals surface area contributed by atoms with E-state index in [2.05, 4.69) is 19.2 Å². The van der Waals surface area contributed by atoms with Gasteiger partial charge in [-0.05, 0) is 38.5 Å². The van der Waals surface area contributed by atoms with Gasteiger partial charge in [0.25, 0.3) is 0 Å². The molecule has 1 fully saturated rings. The minimum Gasteiger partial charge on any atom is -0.392 e. The van der Waals surface area contributed by atoms with Crippen LogP contribution in [0.3, 0.4) is 0 Å². The normalized spacial score (nSPS) is 20.8. The summed E-state index contributed by atoms with van der Waals surface area (Å²) in [6, 6.07) is -0.950. The third-order valence-electron chi connectivity index (χ3n) is 10.2. The summed E-state index contributed by atoms with van der Waals surface area (Å²) in [7, 11) is 1.40. The molecule has 1 amide bonds. The van der Waals surface area contributed by atoms with Crippen molar-refractivity contribution in [1.82, 2.24) is 5.32 Å². The van der Waals surface area contributed by atoms with E-state index in [1.807, 2.05) is 39.4 Å². The molecule has 1 aliphatic rings. The molecule has 0 spiro atoms. The molecule has 7 atom stereocenters. The van der Waals surface area contributed by atoms with Gasteiger partial charge < -0.3 is 30.0 Å². The Morgan fingerprint density at radius 2 is 1.45 bits per heavy atom. The van der Waals surface area contributed by atoms with Crippen molar-refractivity contribution in [3.05, 3.63) is 36.5 Å². The van der Waals surface area contributed by atoms with Crippen molar-refractivity contribution in [2.24, 2.45) is 11.8 Å². The zero-order chi connectivity index (χ0) is 41.0. The van der Waals surface area contributed by atoms with Crippen molar-refractivity contribution in [2.75, 3.05) is 40.9 Å². The van der Waals surface area contributed by atoms with Gasteiger partial charge in [0.2, 0.25) is 5.91 Å². The molecule has 0 bridgehead atoms. The third-order valence-corrected chi connectivity index (χ3v) is 11.2. The predicted molar refractivity (Wildman–Crippen MR) is 222 cm³/mol. The number of hydrogen-bond donors (Lipinski definition) is 5. The summed E-state index contributed by atoms with van der Waals surface area (Å²) in [6.45, 7) is 4.45. The number of Topliss-reactive ketones (excluding diaryl/α,β-unsaturated/α-hetero) is 1. The largest absolute Gasteiger partial charge is 0.472 e. The standard InChI is InChI=1S/C43H79N2O9P/c1-6-8-10-11-12-13-14-15-16-17-18-19-24-28-40(47)39(35-54-55(51,52)53-33-32-45(3,4)5)44-43(50)29-25-21-20-23-27-37-38(42(49)34-41(37)48)31-30-36(46)26-22-9-7-2/h20,23-24,28,30-31,36-40,42,46-47,49H,6-19,21-22,25-27,29,32-35H2,1-5H3,(H-,44,50,51,52)/p+1/b23-20-,28-24+,31-30+/t36-,37+,38+,39-,40+,42+/m0/s1. The molecule has 1 saturated carbocycles. The maximum Gasteiger partial charge on any atom is 0.472 e. The second-order valence-electron chi connectivity index (χ2n) is 16.5. The molecule has 5 N–H and O–H groups in total. The van der Waals surface area contributed by atoms with Gasteiger partial charge in [-0.25, -0.2) is 4.57 Å². The number of aliphatic hydroxyl groups is 3. The first-order chi connectivity index (χ1) is 26.2. The van der Waals surface area contributed by atoms with Crippen LogP contribution in [0.15, 0.2) is 36.5 Å². The zero-order valence-corrected chi connectivity index (χ0v) is 36.0. The van der Waals surface area contributed by atoms with Crippen LogP contribution >= 0.6 is 7.82 Å². The van der Waals surface area contributed by atoms with Gasteiger partial charge in [-0.2, -0.15) is 0 Å². The van der Waals surface area contributed by atoms with Crippen molar-refractivity contribution in [3.63, 3.8) is 0 Å². The molecule has 0 aliphatic heterocycles. The van der Waals surface area contributed by atoms with Crippen LogP contribution in [0.25, 0.3) is 0 Å². The summed E-state index contributed by atoms with van der Waals surface area (Å²) in [5.41, 5.74) is 0. The highest BCUT2D eigenvalue weighted by molar-refractivity contribution is 7.47. The average Bonchev–Trinajstić information content (AvgIpc) is 3.39. The van der Waals surface area contributed by atoms with E-state index in [-0.39, 0.29) is 43.0 Å². The SMILES string of the molecule is CCCCCCCCCCCCC/C=C/[C@@H](O)[C@H](COP(=O)(O)OCC[N+](C)(C)C)NC(=O)CCC/C=C\C[C@H]1C(=O)C[C@@H](O)[C@@H]1/C=C/[C@@H](O)CCCCC. The summed E-state index contributed by atoms with van der Waals surface area (Å²) in [6.07, 6.45) is 28.5. The van der Waals surface area contributed by atoms with Crippen LogP contribution in [0, 0.1) is 11.8 Å². The molecule has 1 rings (SSSR count). The molecule has 1 unspecified atom stereocenters. The number of quaternary nitrogens is 1. The van der Waals surface area contributed by atoms with Crippen LogP contribution in [0.2, 0.25) is 0 Å². The number of nitrogens with zero attached hydrogens (tertiary/aromatic N) is 1. The van der Waals surface area contributed by atoms with Crippen molar-refractivity contribution < 1.29 is 47.9 Å². The van der Waals surface area contributed by atoms with E-state index >= 15 is 0 Å². The van der Waals surface area contributed by atoms with Gasteiger partial charge in [-0.15, -0.1) is 0 Å². The monoisotopic (exact) mass is 800 g/mol. The van der Waals surface area contributed by atoms with Gasteiger partial charge in [0.05, 0.1) is 52.1 Å². The molecule has 1 aliphatic carbocycles. The number of nitrogens with one attached hydrogen (secondary N) is 1. The van der Waals surface area contributed by atoms with Gasteiger partial charge in [0.15, 0.2) is 0 Å². The number of rotatable bonds is 34. The number of phosphoric ester groups is 1. The van der Waals surface area contributed by atoms with E-state index in [0.29, 0.717) is 36.7 Å². The molecule has 0 aromatic carbocycles. The Kier molecular flexibility index (Phi) is 28.4. The topological polar surface area (TPSA) is 163 Å². The van der Waals surface area contributed by atoms with Crippen molar-refractivity contribution in [2.45, 2.75) is 173 Å². The molecule has 0 radical (unpaired) electrons. The minimum atomic E-state index is -4.41. The third kappa shape index (κ3) is 26.8. The Bertz CT molecular complexity index is 1160. The van der Waals surface area contributed by atoms with Gasteiger partial charge >= 0.3 is 7.82 Å². The van der Waals surface area contributed by atoms with Crippen molar-refractivity contribution in [3.8, 4) is 0 Å². The second-order valence-corrected chi connectivity index (χ2v) is 18.0. The Hall–Kier alpha value is -1.69. The summed E-state index contributed by atoms with van der Waals surface area (Å²) in [5.74, 6) is -0.994. The fraction of sp³-hybridized carbons (Fsp3) is 0.814. The Balaban J connectivity index is 2.61. The van der Waals surface area contributed by atoms with Gasteiger partial charge in [0.1, 0.15) is 18.9 Å². The van der Waals surface area contributed by atoms with E-state index in [4.69, 9.17) is 9.05 Å². The van der Waals surface area contributed by atoms with Crippen molar-refractivity contribution >= 4 is 19.5 Å². The molecule has 320 valence electrons. The maximum atomic E-state index is 12.9. The smallest absolute Gasteiger partial charge is 0.392 e. The number of hydrogen-bond acceptors (Lipinski definition) is 8.